The molecule has 2 heteroatoms. The van der Waals surface area contributed by atoms with Gasteiger partial charge in [-0.15, -0.1) is 0 Å². The molecule has 19 heavy (non-hydrogen) atoms. The van der Waals surface area contributed by atoms with Gasteiger partial charge in [0.15, 0.2) is 0 Å². The number of likely N-dealkylation sites (tertiary alicyclic amines) is 1. The first kappa shape index (κ1) is 16.0. The number of rotatable bonds is 4. The molecule has 0 amide bonds. The molecule has 1 heterocycles. The fourth-order valence-corrected chi connectivity index (χ4v) is 2.40. The van der Waals surface area contributed by atoms with Gasteiger partial charge in [-0.1, -0.05) is 32.9 Å². The normalized spacial score (nSPS) is 16.6. The van der Waals surface area contributed by atoms with Gasteiger partial charge in [-0.3, -0.25) is 0 Å². The Bertz CT molecular complexity index is 343. The van der Waals surface area contributed by atoms with E-state index in [0.717, 1.165) is 18.1 Å². The monoisotopic (exact) mass is 263 g/mol. The quantitative estimate of drug-likeness (QED) is 0.814. The van der Waals surface area contributed by atoms with E-state index in [9.17, 15) is 0 Å². The number of hydrogen-bond donors (Lipinski definition) is 0. The molecule has 0 saturated carbocycles. The SMILES string of the molecule is CC.COc1cccc(CCN2CCC(C)CC2)c1. The molecule has 0 bridgehead atoms. The summed E-state index contributed by atoms with van der Waals surface area (Å²) in [6.45, 7) is 10.1. The number of ether oxygens (including phenoxy) is 1. The largest absolute Gasteiger partial charge is 0.497 e. The lowest BCUT2D eigenvalue weighted by atomic mass is 9.99. The zero-order valence-corrected chi connectivity index (χ0v) is 13.0. The second kappa shape index (κ2) is 8.98. The van der Waals surface area contributed by atoms with E-state index < -0.39 is 0 Å². The van der Waals surface area contributed by atoms with Crippen LogP contribution in [0.1, 0.15) is 39.2 Å². The summed E-state index contributed by atoms with van der Waals surface area (Å²) in [6.07, 6.45) is 3.85. The molecular weight excluding hydrogens is 234 g/mol. The molecule has 0 radical (unpaired) electrons. The van der Waals surface area contributed by atoms with Crippen LogP contribution in [0.3, 0.4) is 0 Å². The number of methoxy groups -OCH3 is 1. The Morgan fingerprint density at radius 2 is 1.89 bits per heavy atom. The molecule has 1 fully saturated rings. The first-order valence-electron chi connectivity index (χ1n) is 7.63. The first-order valence-corrected chi connectivity index (χ1v) is 7.63. The van der Waals surface area contributed by atoms with Gasteiger partial charge in [0, 0.05) is 6.54 Å². The third-order valence-corrected chi connectivity index (χ3v) is 3.73. The molecule has 0 spiro atoms. The van der Waals surface area contributed by atoms with Crippen LogP contribution in [0, 0.1) is 5.92 Å². The first-order chi connectivity index (χ1) is 9.28. The van der Waals surface area contributed by atoms with Gasteiger partial charge in [-0.2, -0.15) is 0 Å². The van der Waals surface area contributed by atoms with Gasteiger partial charge < -0.3 is 9.64 Å². The van der Waals surface area contributed by atoms with Crippen LogP contribution in [-0.4, -0.2) is 31.6 Å². The smallest absolute Gasteiger partial charge is 0.119 e. The van der Waals surface area contributed by atoms with Crippen LogP contribution in [-0.2, 0) is 6.42 Å². The Hall–Kier alpha value is -1.02. The molecule has 0 aromatic heterocycles. The summed E-state index contributed by atoms with van der Waals surface area (Å²) >= 11 is 0. The predicted molar refractivity (Wildman–Crippen MR) is 82.9 cm³/mol. The van der Waals surface area contributed by atoms with E-state index in [0.29, 0.717) is 0 Å². The fraction of sp³-hybridized carbons (Fsp3) is 0.647. The number of nitrogens with zero attached hydrogens (tertiary/aromatic N) is 1. The van der Waals surface area contributed by atoms with Gasteiger partial charge in [0.1, 0.15) is 5.75 Å². The minimum absolute atomic E-state index is 0.920. The van der Waals surface area contributed by atoms with Crippen molar-refractivity contribution in [3.05, 3.63) is 29.8 Å². The van der Waals surface area contributed by atoms with E-state index >= 15 is 0 Å². The summed E-state index contributed by atoms with van der Waals surface area (Å²) < 4.78 is 5.25. The molecule has 0 aliphatic carbocycles. The molecule has 1 aromatic rings. The van der Waals surface area contributed by atoms with Crippen LogP contribution in [0.15, 0.2) is 24.3 Å². The lowest BCUT2D eigenvalue weighted by Gasteiger charge is -2.30. The second-order valence-electron chi connectivity index (χ2n) is 5.13. The zero-order valence-electron chi connectivity index (χ0n) is 13.0. The van der Waals surface area contributed by atoms with Crippen molar-refractivity contribution >= 4 is 0 Å². The highest BCUT2D eigenvalue weighted by molar-refractivity contribution is 5.28. The Labute approximate surface area is 118 Å². The summed E-state index contributed by atoms with van der Waals surface area (Å²) in [7, 11) is 1.73. The van der Waals surface area contributed by atoms with Crippen molar-refractivity contribution in [3.63, 3.8) is 0 Å². The molecule has 1 saturated heterocycles. The van der Waals surface area contributed by atoms with Crippen LogP contribution >= 0.6 is 0 Å². The summed E-state index contributed by atoms with van der Waals surface area (Å²) in [5.41, 5.74) is 1.38. The lowest BCUT2D eigenvalue weighted by molar-refractivity contribution is 0.194. The van der Waals surface area contributed by atoms with E-state index in [4.69, 9.17) is 4.74 Å². The van der Waals surface area contributed by atoms with Gasteiger partial charge in [0.05, 0.1) is 7.11 Å². The van der Waals surface area contributed by atoms with Gasteiger partial charge in [0.2, 0.25) is 0 Å². The topological polar surface area (TPSA) is 12.5 Å². The summed E-state index contributed by atoms with van der Waals surface area (Å²) in [6, 6.07) is 8.42. The Balaban J connectivity index is 0.000000861. The van der Waals surface area contributed by atoms with Crippen LogP contribution in [0.5, 0.6) is 5.75 Å². The van der Waals surface area contributed by atoms with E-state index in [1.807, 2.05) is 19.9 Å². The standard InChI is InChI=1S/C15H23NO.C2H6/c1-13-6-9-16(10-7-13)11-8-14-4-3-5-15(12-14)17-2;1-2/h3-5,12-13H,6-11H2,1-2H3;1-2H3. The highest BCUT2D eigenvalue weighted by Gasteiger charge is 2.14. The van der Waals surface area contributed by atoms with Gasteiger partial charge in [-0.25, -0.2) is 0 Å². The molecule has 1 aliphatic rings. The third-order valence-electron chi connectivity index (χ3n) is 3.73. The Morgan fingerprint density at radius 3 is 2.53 bits per heavy atom. The van der Waals surface area contributed by atoms with Crippen molar-refractivity contribution in [1.29, 1.82) is 0 Å². The van der Waals surface area contributed by atoms with E-state index in [1.54, 1.807) is 7.11 Å². The summed E-state index contributed by atoms with van der Waals surface area (Å²) in [5, 5.41) is 0. The number of piperidine rings is 1. The van der Waals surface area contributed by atoms with E-state index in [-0.39, 0.29) is 0 Å². The molecule has 1 aliphatic heterocycles. The molecule has 2 rings (SSSR count). The predicted octanol–water partition coefficient (Wildman–Crippen LogP) is 4.00. The maximum atomic E-state index is 5.25. The van der Waals surface area contributed by atoms with Crippen LogP contribution in [0.2, 0.25) is 0 Å². The summed E-state index contributed by atoms with van der Waals surface area (Å²) in [5.74, 6) is 1.89. The molecule has 0 N–H and O–H groups in total. The second-order valence-corrected chi connectivity index (χ2v) is 5.13. The van der Waals surface area contributed by atoms with E-state index in [1.165, 1.54) is 38.0 Å². The van der Waals surface area contributed by atoms with Gasteiger partial charge in [0.25, 0.3) is 0 Å². The zero-order chi connectivity index (χ0) is 14.1. The molecule has 0 unspecified atom stereocenters. The average molecular weight is 263 g/mol. The fourth-order valence-electron chi connectivity index (χ4n) is 2.40. The van der Waals surface area contributed by atoms with Crippen LogP contribution in [0.4, 0.5) is 0 Å². The van der Waals surface area contributed by atoms with Crippen molar-refractivity contribution in [1.82, 2.24) is 4.90 Å². The molecular formula is C17H29NO. The maximum absolute atomic E-state index is 5.25. The van der Waals surface area contributed by atoms with Gasteiger partial charge >= 0.3 is 0 Å². The third kappa shape index (κ3) is 5.65. The van der Waals surface area contributed by atoms with Crippen molar-refractivity contribution in [2.45, 2.75) is 40.0 Å². The number of benzene rings is 1. The average Bonchev–Trinajstić information content (AvgIpc) is 2.49. The minimum Gasteiger partial charge on any atom is -0.497 e. The van der Waals surface area contributed by atoms with Crippen molar-refractivity contribution < 1.29 is 4.74 Å². The maximum Gasteiger partial charge on any atom is 0.119 e. The van der Waals surface area contributed by atoms with E-state index in [2.05, 4.69) is 30.0 Å². The molecule has 0 atom stereocenters. The Morgan fingerprint density at radius 1 is 1.21 bits per heavy atom. The van der Waals surface area contributed by atoms with Crippen LogP contribution in [0.25, 0.3) is 0 Å². The van der Waals surface area contributed by atoms with Crippen molar-refractivity contribution in [3.8, 4) is 5.75 Å². The minimum atomic E-state index is 0.920. The Kier molecular flexibility index (Phi) is 7.57. The molecule has 108 valence electrons. The molecule has 1 aromatic carbocycles. The highest BCUT2D eigenvalue weighted by Crippen LogP contribution is 2.17. The molecule has 2 nitrogen and oxygen atoms in total. The van der Waals surface area contributed by atoms with Crippen molar-refractivity contribution in [2.75, 3.05) is 26.7 Å². The number of hydrogen-bond acceptors (Lipinski definition) is 2. The van der Waals surface area contributed by atoms with Crippen LogP contribution < -0.4 is 4.74 Å². The summed E-state index contributed by atoms with van der Waals surface area (Å²) in [4.78, 5) is 2.58. The lowest BCUT2D eigenvalue weighted by Crippen LogP contribution is -2.34. The van der Waals surface area contributed by atoms with Crippen molar-refractivity contribution in [2.24, 2.45) is 5.92 Å². The van der Waals surface area contributed by atoms with Gasteiger partial charge in [-0.05, 0) is 56.0 Å². The highest BCUT2D eigenvalue weighted by atomic mass is 16.5.